The molecule has 1 aromatic rings. The van der Waals surface area contributed by atoms with Gasteiger partial charge in [-0.05, 0) is 45.7 Å². The van der Waals surface area contributed by atoms with Gasteiger partial charge in [0.05, 0.1) is 18.9 Å². The molecule has 0 radical (unpaired) electrons. The number of aromatic nitrogens is 2. The Hall–Kier alpha value is -1.89. The summed E-state index contributed by atoms with van der Waals surface area (Å²) in [5, 5.41) is 11.5. The molecular weight excluding hydrogens is 318 g/mol. The van der Waals surface area contributed by atoms with Crippen molar-refractivity contribution in [2.24, 2.45) is 5.41 Å². The Morgan fingerprint density at radius 1 is 1.28 bits per heavy atom. The molecule has 2 fully saturated rings. The molecule has 1 atom stereocenters. The molecule has 0 unspecified atom stereocenters. The van der Waals surface area contributed by atoms with Gasteiger partial charge in [-0.2, -0.15) is 5.10 Å². The highest BCUT2D eigenvalue weighted by atomic mass is 16.5. The Morgan fingerprint density at radius 3 is 2.84 bits per heavy atom. The molecule has 3 heterocycles. The van der Waals surface area contributed by atoms with Gasteiger partial charge in [0.15, 0.2) is 5.82 Å². The quantitative estimate of drug-likeness (QED) is 0.884. The summed E-state index contributed by atoms with van der Waals surface area (Å²) in [5.41, 5.74) is 0.869. The fourth-order valence-electron chi connectivity index (χ4n) is 3.72. The predicted molar refractivity (Wildman–Crippen MR) is 96.7 cm³/mol. The van der Waals surface area contributed by atoms with Crippen LogP contribution in [0.1, 0.15) is 32.4 Å². The van der Waals surface area contributed by atoms with E-state index in [0.29, 0.717) is 13.2 Å². The minimum Gasteiger partial charge on any atom is -0.379 e. The Morgan fingerprint density at radius 2 is 2.12 bits per heavy atom. The fourth-order valence-corrected chi connectivity index (χ4v) is 3.72. The maximum absolute atomic E-state index is 12.4. The molecule has 2 amide bonds. The second-order valence-corrected chi connectivity index (χ2v) is 7.64. The van der Waals surface area contributed by atoms with Crippen LogP contribution in [-0.2, 0) is 4.74 Å². The van der Waals surface area contributed by atoms with Crippen LogP contribution in [0.5, 0.6) is 0 Å². The van der Waals surface area contributed by atoms with Crippen molar-refractivity contribution < 1.29 is 9.53 Å². The number of rotatable bonds is 2. The van der Waals surface area contributed by atoms with E-state index in [0.717, 1.165) is 50.5 Å². The van der Waals surface area contributed by atoms with E-state index in [-0.39, 0.29) is 17.5 Å². The molecule has 7 nitrogen and oxygen atoms in total. The Balaban J connectivity index is 1.74. The SMILES string of the molecule is Cc1ccc(N2CCOC[C@]3(CCCN(C(=O)NC(C)C)C3)C2)nn1. The van der Waals surface area contributed by atoms with Gasteiger partial charge in [0, 0.05) is 37.6 Å². The average Bonchev–Trinajstić information content (AvgIpc) is 2.78. The zero-order chi connectivity index (χ0) is 17.9. The van der Waals surface area contributed by atoms with E-state index >= 15 is 0 Å². The first-order valence-electron chi connectivity index (χ1n) is 9.16. The number of hydrogen-bond donors (Lipinski definition) is 1. The van der Waals surface area contributed by atoms with E-state index < -0.39 is 0 Å². The number of urea groups is 1. The fraction of sp³-hybridized carbons (Fsp3) is 0.722. The molecule has 0 aromatic carbocycles. The van der Waals surface area contributed by atoms with Crippen molar-refractivity contribution >= 4 is 11.8 Å². The number of ether oxygens (including phenoxy) is 1. The second-order valence-electron chi connectivity index (χ2n) is 7.64. The molecule has 2 aliphatic heterocycles. The number of aryl methyl sites for hydroxylation is 1. The first kappa shape index (κ1) is 17.9. The van der Waals surface area contributed by atoms with Crippen molar-refractivity contribution in [1.29, 1.82) is 0 Å². The monoisotopic (exact) mass is 347 g/mol. The number of likely N-dealkylation sites (tertiary alicyclic amines) is 1. The topological polar surface area (TPSA) is 70.6 Å². The van der Waals surface area contributed by atoms with Crippen molar-refractivity contribution in [2.75, 3.05) is 44.3 Å². The largest absolute Gasteiger partial charge is 0.379 e. The summed E-state index contributed by atoms with van der Waals surface area (Å²) >= 11 is 0. The summed E-state index contributed by atoms with van der Waals surface area (Å²) in [6.07, 6.45) is 2.07. The highest BCUT2D eigenvalue weighted by Gasteiger charge is 2.40. The summed E-state index contributed by atoms with van der Waals surface area (Å²) in [5.74, 6) is 0.888. The predicted octanol–water partition coefficient (Wildman–Crippen LogP) is 1.82. The molecular formula is C18H29N5O2. The number of carbonyl (C=O) groups is 1. The van der Waals surface area contributed by atoms with E-state index in [1.165, 1.54) is 0 Å². The van der Waals surface area contributed by atoms with Crippen molar-refractivity contribution in [2.45, 2.75) is 39.7 Å². The van der Waals surface area contributed by atoms with Crippen LogP contribution in [0.4, 0.5) is 10.6 Å². The van der Waals surface area contributed by atoms with Crippen molar-refractivity contribution in [3.05, 3.63) is 17.8 Å². The van der Waals surface area contributed by atoms with Crippen molar-refractivity contribution in [3.63, 3.8) is 0 Å². The van der Waals surface area contributed by atoms with Gasteiger partial charge >= 0.3 is 6.03 Å². The van der Waals surface area contributed by atoms with Crippen LogP contribution in [0, 0.1) is 12.3 Å². The van der Waals surface area contributed by atoms with E-state index in [2.05, 4.69) is 20.4 Å². The average molecular weight is 347 g/mol. The Kier molecular flexibility index (Phi) is 5.42. The zero-order valence-corrected chi connectivity index (χ0v) is 15.5. The highest BCUT2D eigenvalue weighted by Crippen LogP contribution is 2.34. The Bertz CT molecular complexity index is 592. The number of amides is 2. The smallest absolute Gasteiger partial charge is 0.317 e. The van der Waals surface area contributed by atoms with Gasteiger partial charge in [0.1, 0.15) is 0 Å². The number of anilines is 1. The van der Waals surface area contributed by atoms with Gasteiger partial charge < -0.3 is 19.9 Å². The molecule has 25 heavy (non-hydrogen) atoms. The molecule has 7 heteroatoms. The van der Waals surface area contributed by atoms with Crippen LogP contribution in [0.15, 0.2) is 12.1 Å². The molecule has 2 aliphatic rings. The minimum absolute atomic E-state index is 0.0278. The summed E-state index contributed by atoms with van der Waals surface area (Å²) in [6, 6.07) is 4.19. The molecule has 3 rings (SSSR count). The molecule has 0 bridgehead atoms. The lowest BCUT2D eigenvalue weighted by Crippen LogP contribution is -2.55. The van der Waals surface area contributed by atoms with Crippen LogP contribution in [0.3, 0.4) is 0 Å². The number of carbonyl (C=O) groups excluding carboxylic acids is 1. The standard InChI is InChI=1S/C18H29N5O2/c1-14(2)19-17(24)23-8-4-7-18(12-23)11-22(9-10-25-13-18)16-6-5-15(3)20-21-16/h5-6,14H,4,7-13H2,1-3H3,(H,19,24)/t18-/m1/s1. The molecule has 1 N–H and O–H groups in total. The number of nitrogens with zero attached hydrogens (tertiary/aromatic N) is 4. The van der Waals surface area contributed by atoms with Gasteiger partial charge in [-0.15, -0.1) is 5.10 Å². The lowest BCUT2D eigenvalue weighted by molar-refractivity contribution is 0.0242. The second kappa shape index (κ2) is 7.56. The lowest BCUT2D eigenvalue weighted by Gasteiger charge is -2.43. The summed E-state index contributed by atoms with van der Waals surface area (Å²) in [7, 11) is 0. The Labute approximate surface area is 149 Å². The lowest BCUT2D eigenvalue weighted by atomic mass is 9.80. The summed E-state index contributed by atoms with van der Waals surface area (Å²) in [4.78, 5) is 16.6. The van der Waals surface area contributed by atoms with Crippen molar-refractivity contribution in [3.8, 4) is 0 Å². The third-order valence-electron chi connectivity index (χ3n) is 4.91. The van der Waals surface area contributed by atoms with Gasteiger partial charge in [0.25, 0.3) is 0 Å². The first-order valence-corrected chi connectivity index (χ1v) is 9.16. The van der Waals surface area contributed by atoms with Crippen molar-refractivity contribution in [1.82, 2.24) is 20.4 Å². The first-order chi connectivity index (χ1) is 12.0. The van der Waals surface area contributed by atoms with Crippen LogP contribution in [-0.4, -0.2) is 66.6 Å². The van der Waals surface area contributed by atoms with Crippen LogP contribution in [0.25, 0.3) is 0 Å². The summed E-state index contributed by atoms with van der Waals surface area (Å²) < 4.78 is 5.92. The number of piperidine rings is 1. The molecule has 2 saturated heterocycles. The van der Waals surface area contributed by atoms with Gasteiger partial charge in [-0.1, -0.05) is 0 Å². The maximum Gasteiger partial charge on any atom is 0.317 e. The van der Waals surface area contributed by atoms with Crippen LogP contribution in [0.2, 0.25) is 0 Å². The molecule has 0 aliphatic carbocycles. The third kappa shape index (κ3) is 4.39. The van der Waals surface area contributed by atoms with E-state index in [1.54, 1.807) is 0 Å². The zero-order valence-electron chi connectivity index (χ0n) is 15.5. The van der Waals surface area contributed by atoms with Crippen LogP contribution >= 0.6 is 0 Å². The van der Waals surface area contributed by atoms with Crippen LogP contribution < -0.4 is 10.2 Å². The number of nitrogens with one attached hydrogen (secondary N) is 1. The van der Waals surface area contributed by atoms with E-state index in [4.69, 9.17) is 4.74 Å². The minimum atomic E-state index is -0.0460. The maximum atomic E-state index is 12.4. The van der Waals surface area contributed by atoms with Gasteiger partial charge in [-0.3, -0.25) is 0 Å². The molecule has 138 valence electrons. The van der Waals surface area contributed by atoms with Gasteiger partial charge in [0.2, 0.25) is 0 Å². The molecule has 0 saturated carbocycles. The number of hydrogen-bond acceptors (Lipinski definition) is 5. The summed E-state index contributed by atoms with van der Waals surface area (Å²) in [6.45, 7) is 10.5. The molecule has 1 aromatic heterocycles. The van der Waals surface area contributed by atoms with E-state index in [1.807, 2.05) is 37.8 Å². The highest BCUT2D eigenvalue weighted by molar-refractivity contribution is 5.74. The normalized spacial score (nSPS) is 24.5. The van der Waals surface area contributed by atoms with E-state index in [9.17, 15) is 4.79 Å². The molecule has 1 spiro atoms. The third-order valence-corrected chi connectivity index (χ3v) is 4.91. The van der Waals surface area contributed by atoms with Gasteiger partial charge in [-0.25, -0.2) is 4.79 Å².